The number of carbonyl (C=O) groups is 1. The highest BCUT2D eigenvalue weighted by Crippen LogP contribution is 2.22. The number of hydrazine groups is 1. The molecular formula is C18H22N4O6S2. The van der Waals surface area contributed by atoms with Crippen molar-refractivity contribution < 1.29 is 26.5 Å². The van der Waals surface area contributed by atoms with Crippen LogP contribution in [-0.4, -0.2) is 47.4 Å². The third kappa shape index (κ3) is 5.15. The molecule has 1 aliphatic carbocycles. The Morgan fingerprint density at radius 2 is 1.70 bits per heavy atom. The third-order valence-electron chi connectivity index (χ3n) is 4.37. The fourth-order valence-electron chi connectivity index (χ4n) is 2.45. The van der Waals surface area contributed by atoms with E-state index in [1.54, 1.807) is 0 Å². The first kappa shape index (κ1) is 22.2. The first-order valence-electron chi connectivity index (χ1n) is 8.95. The van der Waals surface area contributed by atoms with Crippen molar-refractivity contribution in [1.29, 1.82) is 0 Å². The van der Waals surface area contributed by atoms with Gasteiger partial charge in [-0.3, -0.25) is 20.5 Å². The number of rotatable bonds is 9. The minimum atomic E-state index is -3.89. The van der Waals surface area contributed by atoms with E-state index in [1.165, 1.54) is 62.7 Å². The molecular weight excluding hydrogens is 432 g/mol. The van der Waals surface area contributed by atoms with Crippen LogP contribution in [0.15, 0.2) is 58.3 Å². The molecule has 0 aromatic heterocycles. The van der Waals surface area contributed by atoms with Crippen molar-refractivity contribution in [1.82, 2.24) is 14.6 Å². The average molecular weight is 455 g/mol. The zero-order valence-corrected chi connectivity index (χ0v) is 18.0. The second-order valence-electron chi connectivity index (χ2n) is 6.62. The van der Waals surface area contributed by atoms with Crippen LogP contribution >= 0.6 is 0 Å². The largest absolute Gasteiger partial charge is 0.298 e. The minimum absolute atomic E-state index is 0.00958. The van der Waals surface area contributed by atoms with Gasteiger partial charge in [-0.05, 0) is 55.3 Å². The molecule has 0 aliphatic heterocycles. The molecule has 30 heavy (non-hydrogen) atoms. The average Bonchev–Trinajstić information content (AvgIpc) is 3.55. The predicted molar refractivity (Wildman–Crippen MR) is 109 cm³/mol. The minimum Gasteiger partial charge on any atom is -0.298 e. The predicted octanol–water partition coefficient (Wildman–Crippen LogP) is 1.07. The summed E-state index contributed by atoms with van der Waals surface area (Å²) in [5.41, 5.74) is 5.68. The molecule has 0 spiro atoms. The Morgan fingerprint density at radius 3 is 2.30 bits per heavy atom. The van der Waals surface area contributed by atoms with E-state index in [-0.39, 0.29) is 21.4 Å². The zero-order chi connectivity index (χ0) is 21.9. The molecule has 0 radical (unpaired) electrons. The fourth-order valence-corrected chi connectivity index (χ4v) is 4.78. The van der Waals surface area contributed by atoms with Crippen LogP contribution in [0.5, 0.6) is 0 Å². The number of hydrogen-bond acceptors (Lipinski definition) is 7. The Balaban J connectivity index is 1.65. The summed E-state index contributed by atoms with van der Waals surface area (Å²) in [6.07, 6.45) is 1.68. The normalized spacial score (nSPS) is 14.5. The van der Waals surface area contributed by atoms with E-state index in [0.29, 0.717) is 10.2 Å². The third-order valence-corrected chi connectivity index (χ3v) is 7.59. The van der Waals surface area contributed by atoms with Crippen molar-refractivity contribution in [3.05, 3.63) is 54.1 Å². The molecule has 0 bridgehead atoms. The molecule has 1 aliphatic rings. The number of nitrogens with zero attached hydrogens (tertiary/aromatic N) is 1. The maximum Gasteiger partial charge on any atom is 0.269 e. The van der Waals surface area contributed by atoms with Gasteiger partial charge in [-0.25, -0.2) is 21.6 Å². The van der Waals surface area contributed by atoms with Crippen LogP contribution in [0.2, 0.25) is 0 Å². The molecule has 3 rings (SSSR count). The lowest BCUT2D eigenvalue weighted by molar-refractivity contribution is -0.0258. The molecule has 0 saturated heterocycles. The van der Waals surface area contributed by atoms with Gasteiger partial charge < -0.3 is 0 Å². The molecule has 12 heteroatoms. The Labute approximate surface area is 175 Å². The summed E-state index contributed by atoms with van der Waals surface area (Å²) in [7, 11) is -4.98. The summed E-state index contributed by atoms with van der Waals surface area (Å²) in [4.78, 5) is 17.1. The van der Waals surface area contributed by atoms with Crippen LogP contribution in [-0.2, 0) is 24.9 Å². The van der Waals surface area contributed by atoms with E-state index in [0.717, 1.165) is 12.8 Å². The van der Waals surface area contributed by atoms with Crippen molar-refractivity contribution in [2.24, 2.45) is 0 Å². The van der Waals surface area contributed by atoms with Crippen LogP contribution in [0.4, 0.5) is 5.69 Å². The number of hydroxylamine groups is 1. The van der Waals surface area contributed by atoms with Crippen LogP contribution in [0.1, 0.15) is 23.2 Å². The van der Waals surface area contributed by atoms with Crippen molar-refractivity contribution >= 4 is 31.6 Å². The molecule has 0 atom stereocenters. The summed E-state index contributed by atoms with van der Waals surface area (Å²) in [6, 6.07) is 11.4. The monoisotopic (exact) mass is 454 g/mol. The molecule has 10 nitrogen and oxygen atoms in total. The zero-order valence-electron chi connectivity index (χ0n) is 16.3. The number of anilines is 1. The molecule has 2 aromatic carbocycles. The number of benzene rings is 2. The quantitative estimate of drug-likeness (QED) is 0.483. The van der Waals surface area contributed by atoms with Crippen molar-refractivity contribution in [3.8, 4) is 0 Å². The summed E-state index contributed by atoms with van der Waals surface area (Å²) in [6.45, 7) is 0. The highest BCUT2D eigenvalue weighted by molar-refractivity contribution is 7.89. The first-order valence-corrected chi connectivity index (χ1v) is 11.9. The number of amides is 1. The standard InChI is InChI=1S/C18H22N4O6S2/c1-22(28-2)30(26,27)17-5-3-4-13(12-17)18(23)20-19-14-8-10-16(11-9-14)29(24,25)21-15-6-7-15/h3-5,8-12,15,19,21H,6-7H2,1-2H3,(H,20,23). The van der Waals surface area contributed by atoms with E-state index in [9.17, 15) is 21.6 Å². The fraction of sp³-hybridized carbons (Fsp3) is 0.278. The maximum absolute atomic E-state index is 12.4. The Hall–Kier alpha value is -2.51. The Morgan fingerprint density at radius 1 is 1.03 bits per heavy atom. The van der Waals surface area contributed by atoms with Gasteiger partial charge in [0, 0.05) is 18.7 Å². The molecule has 3 N–H and O–H groups in total. The molecule has 1 saturated carbocycles. The topological polar surface area (TPSA) is 134 Å². The molecule has 1 fully saturated rings. The van der Waals surface area contributed by atoms with Crippen LogP contribution in [0, 0.1) is 0 Å². The van der Waals surface area contributed by atoms with E-state index < -0.39 is 26.0 Å². The van der Waals surface area contributed by atoms with Gasteiger partial charge in [0.2, 0.25) is 10.0 Å². The smallest absolute Gasteiger partial charge is 0.269 e. The van der Waals surface area contributed by atoms with Crippen LogP contribution in [0.3, 0.4) is 0 Å². The lowest BCUT2D eigenvalue weighted by Crippen LogP contribution is -2.30. The van der Waals surface area contributed by atoms with Gasteiger partial charge in [-0.1, -0.05) is 10.5 Å². The lowest BCUT2D eigenvalue weighted by atomic mass is 10.2. The second-order valence-corrected chi connectivity index (χ2v) is 10.3. The van der Waals surface area contributed by atoms with Gasteiger partial charge in [0.05, 0.1) is 22.6 Å². The first-order chi connectivity index (χ1) is 14.1. The highest BCUT2D eigenvalue weighted by Gasteiger charge is 2.27. The summed E-state index contributed by atoms with van der Waals surface area (Å²) in [5, 5.41) is 0. The summed E-state index contributed by atoms with van der Waals surface area (Å²) in [5.74, 6) is -0.570. The highest BCUT2D eigenvalue weighted by atomic mass is 32.2. The molecule has 162 valence electrons. The number of hydrogen-bond donors (Lipinski definition) is 3. The van der Waals surface area contributed by atoms with Gasteiger partial charge >= 0.3 is 0 Å². The van der Waals surface area contributed by atoms with Crippen LogP contribution in [0.25, 0.3) is 0 Å². The van der Waals surface area contributed by atoms with E-state index in [1.807, 2.05) is 0 Å². The number of carbonyl (C=O) groups excluding carboxylic acids is 1. The Bertz CT molecular complexity index is 1130. The van der Waals surface area contributed by atoms with Crippen molar-refractivity contribution in [3.63, 3.8) is 0 Å². The van der Waals surface area contributed by atoms with Crippen LogP contribution < -0.4 is 15.6 Å². The van der Waals surface area contributed by atoms with E-state index in [2.05, 4.69) is 15.6 Å². The molecule has 0 heterocycles. The van der Waals surface area contributed by atoms with Crippen molar-refractivity contribution in [2.45, 2.75) is 28.7 Å². The SMILES string of the molecule is CON(C)S(=O)(=O)c1cccc(C(=O)NNc2ccc(S(=O)(=O)NC3CC3)cc2)c1. The second kappa shape index (κ2) is 8.70. The molecule has 0 unspecified atom stereocenters. The molecule has 1 amide bonds. The van der Waals surface area contributed by atoms with Gasteiger partial charge in [0.1, 0.15) is 0 Å². The summed E-state index contributed by atoms with van der Waals surface area (Å²) < 4.78 is 52.2. The Kier molecular flexibility index (Phi) is 6.43. The van der Waals surface area contributed by atoms with Gasteiger partial charge in [0.25, 0.3) is 15.9 Å². The number of sulfonamides is 2. The van der Waals surface area contributed by atoms with Gasteiger partial charge in [-0.2, -0.15) is 0 Å². The van der Waals surface area contributed by atoms with Crippen molar-refractivity contribution in [2.75, 3.05) is 19.6 Å². The van der Waals surface area contributed by atoms with E-state index in [4.69, 9.17) is 4.84 Å². The summed E-state index contributed by atoms with van der Waals surface area (Å²) >= 11 is 0. The number of nitrogens with one attached hydrogen (secondary N) is 3. The molecule has 2 aromatic rings. The lowest BCUT2D eigenvalue weighted by Gasteiger charge is -2.15. The van der Waals surface area contributed by atoms with Gasteiger partial charge in [0.15, 0.2) is 0 Å². The van der Waals surface area contributed by atoms with Gasteiger partial charge in [-0.15, -0.1) is 0 Å². The van der Waals surface area contributed by atoms with E-state index >= 15 is 0 Å². The maximum atomic E-state index is 12.4.